The lowest BCUT2D eigenvalue weighted by Gasteiger charge is -2.30. The van der Waals surface area contributed by atoms with Gasteiger partial charge in [0.15, 0.2) is 18.8 Å². The van der Waals surface area contributed by atoms with Crippen molar-refractivity contribution in [1.82, 2.24) is 0 Å². The molecule has 0 spiro atoms. The van der Waals surface area contributed by atoms with Crippen molar-refractivity contribution in [2.24, 2.45) is 0 Å². The SMILES string of the molecule is CC(=O)OCC(=O)[C@@H](OC(C)=O)[C@@H](OC(C)=O)[C@@H](COC(C)=O)OC(C)=O. The molecule has 0 heterocycles. The van der Waals surface area contributed by atoms with Crippen LogP contribution in [0.2, 0.25) is 0 Å². The van der Waals surface area contributed by atoms with Gasteiger partial charge in [0.05, 0.1) is 0 Å². The van der Waals surface area contributed by atoms with Gasteiger partial charge < -0.3 is 23.7 Å². The molecule has 0 aliphatic heterocycles. The molecule has 0 bridgehead atoms. The van der Waals surface area contributed by atoms with Crippen LogP contribution in [0.3, 0.4) is 0 Å². The van der Waals surface area contributed by atoms with Crippen LogP contribution in [0.15, 0.2) is 0 Å². The third-order valence-electron chi connectivity index (χ3n) is 2.76. The van der Waals surface area contributed by atoms with Crippen LogP contribution in [0.5, 0.6) is 0 Å². The predicted octanol–water partition coefficient (Wildman–Crippen LogP) is -0.523. The molecule has 0 saturated heterocycles. The minimum atomic E-state index is -1.77. The Labute approximate surface area is 155 Å². The molecule has 11 heteroatoms. The fourth-order valence-corrected chi connectivity index (χ4v) is 1.88. The zero-order chi connectivity index (χ0) is 21.1. The maximum Gasteiger partial charge on any atom is 0.303 e. The molecule has 0 aromatic heterocycles. The summed E-state index contributed by atoms with van der Waals surface area (Å²) >= 11 is 0. The van der Waals surface area contributed by atoms with Gasteiger partial charge in [0.25, 0.3) is 0 Å². The van der Waals surface area contributed by atoms with Crippen LogP contribution >= 0.6 is 0 Å². The molecule has 0 rings (SSSR count). The Hall–Kier alpha value is -2.98. The normalized spacial score (nSPS) is 13.4. The van der Waals surface area contributed by atoms with Gasteiger partial charge in [-0.2, -0.15) is 0 Å². The summed E-state index contributed by atoms with van der Waals surface area (Å²) in [6, 6.07) is 0. The molecule has 0 N–H and O–H groups in total. The van der Waals surface area contributed by atoms with E-state index in [2.05, 4.69) is 4.74 Å². The van der Waals surface area contributed by atoms with E-state index in [9.17, 15) is 28.8 Å². The van der Waals surface area contributed by atoms with Crippen LogP contribution in [-0.2, 0) is 52.5 Å². The number of Topliss-reactive ketones (excluding diaryl/α,β-unsaturated/α-hetero) is 1. The van der Waals surface area contributed by atoms with Crippen molar-refractivity contribution in [1.29, 1.82) is 0 Å². The summed E-state index contributed by atoms with van der Waals surface area (Å²) < 4.78 is 24.2. The zero-order valence-electron chi connectivity index (χ0n) is 15.6. The summed E-state index contributed by atoms with van der Waals surface area (Å²) in [4.78, 5) is 68.5. The zero-order valence-corrected chi connectivity index (χ0v) is 15.6. The van der Waals surface area contributed by atoms with Gasteiger partial charge in [0, 0.05) is 34.6 Å². The minimum absolute atomic E-state index is 0.578. The largest absolute Gasteiger partial charge is 0.462 e. The Bertz CT molecular complexity index is 595. The van der Waals surface area contributed by atoms with Crippen LogP contribution in [-0.4, -0.2) is 67.2 Å². The summed E-state index contributed by atoms with van der Waals surface area (Å²) in [6.45, 7) is 3.81. The molecule has 0 aromatic carbocycles. The fraction of sp³-hybridized carbons (Fsp3) is 0.625. The molecule has 0 amide bonds. The lowest BCUT2D eigenvalue weighted by molar-refractivity contribution is -0.191. The number of hydrogen-bond donors (Lipinski definition) is 0. The van der Waals surface area contributed by atoms with Gasteiger partial charge in [0.1, 0.15) is 6.61 Å². The average Bonchev–Trinajstić information content (AvgIpc) is 2.51. The van der Waals surface area contributed by atoms with Crippen molar-refractivity contribution < 1.29 is 52.5 Å². The van der Waals surface area contributed by atoms with Crippen molar-refractivity contribution in [3.8, 4) is 0 Å². The summed E-state index contributed by atoms with van der Waals surface area (Å²) in [5.74, 6) is -5.08. The molecule has 0 saturated carbocycles. The van der Waals surface area contributed by atoms with E-state index in [4.69, 9.17) is 18.9 Å². The number of carbonyl (C=O) groups is 6. The lowest BCUT2D eigenvalue weighted by Crippen LogP contribution is -2.51. The second-order valence-electron chi connectivity index (χ2n) is 5.30. The number of ether oxygens (including phenoxy) is 5. The standard InChI is InChI=1S/C16H22O11/c1-8(17)23-6-13(22)15(26-11(4)20)16(27-12(5)21)14(25-10(3)19)7-24-9(2)18/h14-16H,6-7H2,1-5H3/t14-,15-,16+/m1/s1. The highest BCUT2D eigenvalue weighted by Gasteiger charge is 2.42. The van der Waals surface area contributed by atoms with Crippen molar-refractivity contribution in [2.45, 2.75) is 52.9 Å². The van der Waals surface area contributed by atoms with Gasteiger partial charge in [-0.05, 0) is 0 Å². The second kappa shape index (κ2) is 11.6. The van der Waals surface area contributed by atoms with Crippen LogP contribution in [0.4, 0.5) is 0 Å². The van der Waals surface area contributed by atoms with E-state index in [0.29, 0.717) is 0 Å². The van der Waals surface area contributed by atoms with E-state index in [-0.39, 0.29) is 0 Å². The quantitative estimate of drug-likeness (QED) is 0.350. The van der Waals surface area contributed by atoms with E-state index >= 15 is 0 Å². The van der Waals surface area contributed by atoms with Crippen LogP contribution in [0.25, 0.3) is 0 Å². The van der Waals surface area contributed by atoms with E-state index in [1.807, 2.05) is 0 Å². The Morgan fingerprint density at radius 1 is 0.630 bits per heavy atom. The molecule has 3 atom stereocenters. The molecule has 0 unspecified atom stereocenters. The molecule has 0 aromatic rings. The number of hydrogen-bond acceptors (Lipinski definition) is 11. The van der Waals surface area contributed by atoms with Crippen LogP contribution in [0, 0.1) is 0 Å². The monoisotopic (exact) mass is 390 g/mol. The average molecular weight is 390 g/mol. The summed E-state index contributed by atoms with van der Waals surface area (Å²) in [5, 5.41) is 0. The number of ketones is 1. The first-order valence-corrected chi connectivity index (χ1v) is 7.75. The highest BCUT2D eigenvalue weighted by Crippen LogP contribution is 2.16. The Morgan fingerprint density at radius 3 is 1.52 bits per heavy atom. The van der Waals surface area contributed by atoms with Crippen molar-refractivity contribution in [3.05, 3.63) is 0 Å². The van der Waals surface area contributed by atoms with Crippen LogP contribution in [0.1, 0.15) is 34.6 Å². The Morgan fingerprint density at radius 2 is 1.11 bits per heavy atom. The smallest absolute Gasteiger partial charge is 0.303 e. The second-order valence-corrected chi connectivity index (χ2v) is 5.30. The maximum absolute atomic E-state index is 12.3. The first-order chi connectivity index (χ1) is 12.4. The van der Waals surface area contributed by atoms with Gasteiger partial charge in [-0.1, -0.05) is 0 Å². The number of carbonyl (C=O) groups excluding carboxylic acids is 6. The van der Waals surface area contributed by atoms with E-state index < -0.39 is 67.2 Å². The van der Waals surface area contributed by atoms with Crippen molar-refractivity contribution in [2.75, 3.05) is 13.2 Å². The molecular formula is C16H22O11. The molecule has 0 aliphatic rings. The van der Waals surface area contributed by atoms with Crippen molar-refractivity contribution in [3.63, 3.8) is 0 Å². The van der Waals surface area contributed by atoms with Gasteiger partial charge in [-0.3, -0.25) is 28.8 Å². The van der Waals surface area contributed by atoms with E-state index in [1.54, 1.807) is 0 Å². The Balaban J connectivity index is 5.80. The fourth-order valence-electron chi connectivity index (χ4n) is 1.88. The predicted molar refractivity (Wildman–Crippen MR) is 84.9 cm³/mol. The van der Waals surface area contributed by atoms with Crippen LogP contribution < -0.4 is 0 Å². The van der Waals surface area contributed by atoms with E-state index in [0.717, 1.165) is 34.6 Å². The summed E-state index contributed by atoms with van der Waals surface area (Å²) in [5.41, 5.74) is 0. The summed E-state index contributed by atoms with van der Waals surface area (Å²) in [7, 11) is 0. The summed E-state index contributed by atoms with van der Waals surface area (Å²) in [6.07, 6.45) is -4.87. The number of rotatable bonds is 10. The van der Waals surface area contributed by atoms with Gasteiger partial charge in [-0.15, -0.1) is 0 Å². The first kappa shape index (κ1) is 24.0. The lowest BCUT2D eigenvalue weighted by atomic mass is 10.0. The molecule has 0 radical (unpaired) electrons. The number of esters is 5. The third kappa shape index (κ3) is 10.6. The van der Waals surface area contributed by atoms with E-state index in [1.165, 1.54) is 0 Å². The highest BCUT2D eigenvalue weighted by atomic mass is 16.6. The molecular weight excluding hydrogens is 368 g/mol. The van der Waals surface area contributed by atoms with Gasteiger partial charge in [-0.25, -0.2) is 0 Å². The van der Waals surface area contributed by atoms with Crippen molar-refractivity contribution >= 4 is 35.6 Å². The first-order valence-electron chi connectivity index (χ1n) is 7.75. The van der Waals surface area contributed by atoms with Gasteiger partial charge >= 0.3 is 29.8 Å². The molecule has 11 nitrogen and oxygen atoms in total. The van der Waals surface area contributed by atoms with Gasteiger partial charge in [0.2, 0.25) is 11.9 Å². The minimum Gasteiger partial charge on any atom is -0.462 e. The third-order valence-corrected chi connectivity index (χ3v) is 2.76. The highest BCUT2D eigenvalue weighted by molar-refractivity contribution is 5.88. The topological polar surface area (TPSA) is 149 Å². The Kier molecular flexibility index (Phi) is 10.3. The molecule has 152 valence electrons. The molecule has 0 fully saturated rings. The molecule has 0 aliphatic carbocycles. The molecule has 27 heavy (non-hydrogen) atoms. The maximum atomic E-state index is 12.3.